The molecule has 2 aliphatic carbocycles. The third kappa shape index (κ3) is 4.80. The second kappa shape index (κ2) is 10.00. The van der Waals surface area contributed by atoms with E-state index < -0.39 is 11.6 Å². The Hall–Kier alpha value is -4.03. The number of rotatable bonds is 7. The maximum atomic E-state index is 14.0. The van der Waals surface area contributed by atoms with Crippen molar-refractivity contribution < 1.29 is 19.5 Å². The van der Waals surface area contributed by atoms with Crippen molar-refractivity contribution in [2.45, 2.75) is 77.6 Å². The number of piperidine rings is 1. The topological polar surface area (TPSA) is 143 Å². The van der Waals surface area contributed by atoms with Gasteiger partial charge in [-0.2, -0.15) is 5.10 Å². The number of fused-ring (bicyclic) bond motifs is 2. The van der Waals surface area contributed by atoms with Crippen molar-refractivity contribution in [2.24, 2.45) is 5.41 Å². The van der Waals surface area contributed by atoms with Gasteiger partial charge in [0.25, 0.3) is 0 Å². The highest BCUT2D eigenvalue weighted by molar-refractivity contribution is 9.10. The lowest BCUT2D eigenvalue weighted by molar-refractivity contribution is -0.138. The smallest absolute Gasteiger partial charge is 0.248 e. The molecule has 4 heterocycles. The van der Waals surface area contributed by atoms with Gasteiger partial charge < -0.3 is 15.3 Å². The first-order valence-electron chi connectivity index (χ1n) is 14.7. The predicted octanol–water partition coefficient (Wildman–Crippen LogP) is 4.47. The van der Waals surface area contributed by atoms with Crippen molar-refractivity contribution >= 4 is 50.2 Å². The molecule has 226 valence electrons. The van der Waals surface area contributed by atoms with Gasteiger partial charge in [-0.3, -0.25) is 19.1 Å². The molecule has 7 rings (SSSR count). The summed E-state index contributed by atoms with van der Waals surface area (Å²) < 4.78 is 2.20. The number of nitrogens with one attached hydrogen (secondary N) is 1. The van der Waals surface area contributed by atoms with E-state index in [1.807, 2.05) is 38.1 Å². The van der Waals surface area contributed by atoms with Crippen LogP contribution in [0, 0.1) is 19.3 Å². The highest BCUT2D eigenvalue weighted by Gasteiger charge is 2.64. The molecule has 1 aliphatic heterocycles. The number of aliphatic hydroxyl groups is 1. The molecule has 0 unspecified atom stereocenters. The number of amides is 2. The van der Waals surface area contributed by atoms with Crippen LogP contribution in [-0.4, -0.2) is 64.4 Å². The first-order valence-corrected chi connectivity index (χ1v) is 15.5. The average molecular weight is 659 g/mol. The SMILES string of the molecule is CC(=O)c1nn(CC(=O)N2[C@H](C(=O)Nc3nc(Br)ccc3C)C[C@@]3(C)C[C@@H]23)c2c(C)cc(-c3cnc(C4(O)CC4)nc3)cc12. The summed E-state index contributed by atoms with van der Waals surface area (Å²) in [5, 5.41) is 18.5. The van der Waals surface area contributed by atoms with E-state index in [-0.39, 0.29) is 41.3 Å². The van der Waals surface area contributed by atoms with Crippen LogP contribution in [-0.2, 0) is 21.7 Å². The third-order valence-electron chi connectivity index (χ3n) is 9.31. The summed E-state index contributed by atoms with van der Waals surface area (Å²) >= 11 is 3.36. The molecule has 11 nitrogen and oxygen atoms in total. The number of carbonyl (C=O) groups is 3. The van der Waals surface area contributed by atoms with Crippen molar-refractivity contribution in [1.82, 2.24) is 29.6 Å². The summed E-state index contributed by atoms with van der Waals surface area (Å²) in [5.74, 6) is 0.170. The molecule has 2 saturated carbocycles. The van der Waals surface area contributed by atoms with Gasteiger partial charge in [0.05, 0.1) is 5.52 Å². The number of likely N-dealkylation sites (tertiary alicyclic amines) is 1. The van der Waals surface area contributed by atoms with E-state index in [0.29, 0.717) is 46.4 Å². The third-order valence-corrected chi connectivity index (χ3v) is 9.75. The lowest BCUT2D eigenvalue weighted by atomic mass is 10.0. The number of halogens is 1. The van der Waals surface area contributed by atoms with Crippen LogP contribution < -0.4 is 5.32 Å². The Balaban J connectivity index is 1.18. The highest BCUT2D eigenvalue weighted by atomic mass is 79.9. The average Bonchev–Trinajstić information content (AvgIpc) is 3.81. The first kappa shape index (κ1) is 28.7. The second-order valence-electron chi connectivity index (χ2n) is 12.8. The zero-order valence-electron chi connectivity index (χ0n) is 24.9. The van der Waals surface area contributed by atoms with Crippen molar-refractivity contribution in [3.05, 3.63) is 63.9 Å². The summed E-state index contributed by atoms with van der Waals surface area (Å²) in [6.45, 7) is 7.24. The van der Waals surface area contributed by atoms with Gasteiger partial charge in [-0.15, -0.1) is 0 Å². The van der Waals surface area contributed by atoms with Crippen LogP contribution in [0.5, 0.6) is 0 Å². The molecule has 1 saturated heterocycles. The van der Waals surface area contributed by atoms with Crippen molar-refractivity contribution in [3.63, 3.8) is 0 Å². The fraction of sp³-hybridized carbons (Fsp3) is 0.406. The number of ketones is 1. The number of hydrogen-bond acceptors (Lipinski definition) is 8. The molecule has 12 heteroatoms. The first-order chi connectivity index (χ1) is 20.9. The molecule has 3 aliphatic rings. The Morgan fingerprint density at radius 3 is 2.48 bits per heavy atom. The minimum Gasteiger partial charge on any atom is -0.382 e. The van der Waals surface area contributed by atoms with Crippen LogP contribution in [0.4, 0.5) is 5.82 Å². The van der Waals surface area contributed by atoms with E-state index in [1.165, 1.54) is 6.92 Å². The van der Waals surface area contributed by atoms with Crippen molar-refractivity contribution in [3.8, 4) is 11.1 Å². The van der Waals surface area contributed by atoms with Crippen LogP contribution in [0.15, 0.2) is 41.3 Å². The van der Waals surface area contributed by atoms with Gasteiger partial charge in [0.2, 0.25) is 11.8 Å². The fourth-order valence-corrected chi connectivity index (χ4v) is 6.84. The fourth-order valence-electron chi connectivity index (χ4n) is 6.53. The monoisotopic (exact) mass is 657 g/mol. The van der Waals surface area contributed by atoms with Gasteiger partial charge in [-0.25, -0.2) is 15.0 Å². The zero-order valence-corrected chi connectivity index (χ0v) is 26.5. The number of aromatic nitrogens is 5. The Kier molecular flexibility index (Phi) is 6.53. The Morgan fingerprint density at radius 2 is 1.80 bits per heavy atom. The van der Waals surface area contributed by atoms with Crippen LogP contribution in [0.1, 0.15) is 67.0 Å². The maximum Gasteiger partial charge on any atom is 0.248 e. The van der Waals surface area contributed by atoms with Gasteiger partial charge in [-0.05, 0) is 95.8 Å². The Labute approximate surface area is 262 Å². The number of nitrogens with zero attached hydrogens (tertiary/aromatic N) is 6. The van der Waals surface area contributed by atoms with E-state index in [9.17, 15) is 19.5 Å². The molecule has 2 N–H and O–H groups in total. The van der Waals surface area contributed by atoms with Crippen LogP contribution in [0.2, 0.25) is 0 Å². The van der Waals surface area contributed by atoms with Crippen LogP contribution in [0.3, 0.4) is 0 Å². The Bertz CT molecular complexity index is 1880. The van der Waals surface area contributed by atoms with E-state index >= 15 is 0 Å². The van der Waals surface area contributed by atoms with Gasteiger partial charge >= 0.3 is 0 Å². The van der Waals surface area contributed by atoms with E-state index in [1.54, 1.807) is 22.0 Å². The number of benzene rings is 1. The molecule has 0 bridgehead atoms. The molecular weight excluding hydrogens is 626 g/mol. The molecule has 3 atom stereocenters. The van der Waals surface area contributed by atoms with Gasteiger partial charge in [0.15, 0.2) is 11.6 Å². The molecule has 44 heavy (non-hydrogen) atoms. The number of anilines is 1. The zero-order chi connectivity index (χ0) is 31.1. The maximum absolute atomic E-state index is 14.0. The van der Waals surface area contributed by atoms with Gasteiger partial charge in [-0.1, -0.05) is 13.0 Å². The summed E-state index contributed by atoms with van der Waals surface area (Å²) in [6, 6.07) is 6.84. The lowest BCUT2D eigenvalue weighted by Gasteiger charge is -2.27. The predicted molar refractivity (Wildman–Crippen MR) is 166 cm³/mol. The van der Waals surface area contributed by atoms with E-state index in [2.05, 4.69) is 48.2 Å². The summed E-state index contributed by atoms with van der Waals surface area (Å²) in [5.41, 5.74) is 3.14. The number of Topliss-reactive ketones (excluding diaryl/α,β-unsaturated/α-hetero) is 1. The highest BCUT2D eigenvalue weighted by Crippen LogP contribution is 2.59. The summed E-state index contributed by atoms with van der Waals surface area (Å²) in [4.78, 5) is 55.1. The molecular formula is C32H32BrN7O4. The standard InChI is InChI=1S/C32H32BrN7O4/c1-16-5-6-24(33)36-28(16)37-29(43)22-11-31(4)12-23(31)40(22)25(42)15-39-27-17(2)9-19(10-21(27)26(38-39)18(3)41)20-13-34-30(35-14-20)32(44)7-8-32/h5-6,9-10,13-14,22-23,44H,7-8,11-12,15H2,1-4H3,(H,36,37,43)/t22-,23+,31-/m0/s1. The molecule has 2 amide bonds. The quantitative estimate of drug-likeness (QED) is 0.219. The van der Waals surface area contributed by atoms with E-state index in [0.717, 1.165) is 28.7 Å². The van der Waals surface area contributed by atoms with Crippen LogP contribution in [0.25, 0.3) is 22.0 Å². The minimum atomic E-state index is -0.921. The van der Waals surface area contributed by atoms with Crippen molar-refractivity contribution in [2.75, 3.05) is 5.32 Å². The molecule has 1 aromatic carbocycles. The number of pyridine rings is 1. The number of hydrogen-bond donors (Lipinski definition) is 2. The summed E-state index contributed by atoms with van der Waals surface area (Å²) in [6.07, 6.45) is 6.08. The van der Waals surface area contributed by atoms with Crippen molar-refractivity contribution in [1.29, 1.82) is 0 Å². The molecule has 0 spiro atoms. The van der Waals surface area contributed by atoms with E-state index in [4.69, 9.17) is 0 Å². The Morgan fingerprint density at radius 1 is 1.07 bits per heavy atom. The second-order valence-corrected chi connectivity index (χ2v) is 13.6. The van der Waals surface area contributed by atoms with Gasteiger partial charge in [0.1, 0.15) is 34.3 Å². The van der Waals surface area contributed by atoms with Gasteiger partial charge in [0, 0.05) is 36.3 Å². The van der Waals surface area contributed by atoms with Crippen LogP contribution >= 0.6 is 15.9 Å². The largest absolute Gasteiger partial charge is 0.382 e. The number of aryl methyl sites for hydroxylation is 2. The molecule has 3 aromatic heterocycles. The number of carbonyl (C=O) groups excluding carboxylic acids is 3. The minimum absolute atomic E-state index is 0.0270. The summed E-state index contributed by atoms with van der Waals surface area (Å²) in [7, 11) is 0. The normalized spacial score (nSPS) is 23.0. The molecule has 3 fully saturated rings. The molecule has 0 radical (unpaired) electrons. The lowest BCUT2D eigenvalue weighted by Crippen LogP contribution is -2.47. The molecule has 4 aromatic rings.